The molecule has 0 radical (unpaired) electrons. The van der Waals surface area contributed by atoms with Gasteiger partial charge in [0.1, 0.15) is 5.82 Å². The Morgan fingerprint density at radius 2 is 2.09 bits per heavy atom. The summed E-state index contributed by atoms with van der Waals surface area (Å²) in [4.78, 5) is 12.5. The first-order valence-corrected chi connectivity index (χ1v) is 8.15. The number of imidazole rings is 1. The zero-order valence-corrected chi connectivity index (χ0v) is 13.8. The molecule has 0 amide bonds. The lowest BCUT2D eigenvalue weighted by Crippen LogP contribution is -2.38. The van der Waals surface area contributed by atoms with Gasteiger partial charge < -0.3 is 15.6 Å². The second-order valence-corrected chi connectivity index (χ2v) is 5.84. The SMILES string of the molecule is CCNC(=NCC(C)C)NCCCc1nc2ccccc2[nH]1. The molecule has 0 aliphatic carbocycles. The second-order valence-electron chi connectivity index (χ2n) is 5.84. The van der Waals surface area contributed by atoms with Crippen molar-refractivity contribution in [3.05, 3.63) is 30.1 Å². The van der Waals surface area contributed by atoms with Crippen molar-refractivity contribution in [2.75, 3.05) is 19.6 Å². The van der Waals surface area contributed by atoms with Crippen molar-refractivity contribution in [2.24, 2.45) is 10.9 Å². The topological polar surface area (TPSA) is 65.1 Å². The van der Waals surface area contributed by atoms with Crippen LogP contribution >= 0.6 is 0 Å². The molecular weight excluding hydrogens is 274 g/mol. The molecule has 1 aromatic carbocycles. The summed E-state index contributed by atoms with van der Waals surface area (Å²) in [6, 6.07) is 8.14. The van der Waals surface area contributed by atoms with E-state index in [1.807, 2.05) is 18.2 Å². The van der Waals surface area contributed by atoms with Gasteiger partial charge in [-0.2, -0.15) is 0 Å². The maximum atomic E-state index is 4.60. The average molecular weight is 301 g/mol. The number of nitrogens with zero attached hydrogens (tertiary/aromatic N) is 2. The Hall–Kier alpha value is -2.04. The van der Waals surface area contributed by atoms with Crippen LogP contribution < -0.4 is 10.6 Å². The molecule has 0 aliphatic heterocycles. The first-order chi connectivity index (χ1) is 10.7. The second kappa shape index (κ2) is 8.41. The molecule has 22 heavy (non-hydrogen) atoms. The van der Waals surface area contributed by atoms with Gasteiger partial charge in [0, 0.05) is 26.1 Å². The van der Waals surface area contributed by atoms with Crippen LogP contribution in [0.15, 0.2) is 29.3 Å². The summed E-state index contributed by atoms with van der Waals surface area (Å²) in [5, 5.41) is 6.65. The minimum atomic E-state index is 0.575. The number of H-pyrrole nitrogens is 1. The van der Waals surface area contributed by atoms with Crippen molar-refractivity contribution >= 4 is 17.0 Å². The van der Waals surface area contributed by atoms with Crippen LogP contribution in [0.2, 0.25) is 0 Å². The zero-order chi connectivity index (χ0) is 15.8. The summed E-state index contributed by atoms with van der Waals surface area (Å²) in [6.07, 6.45) is 1.96. The number of hydrogen-bond acceptors (Lipinski definition) is 2. The van der Waals surface area contributed by atoms with E-state index in [0.717, 1.165) is 55.3 Å². The van der Waals surface area contributed by atoms with Crippen LogP contribution in [0.5, 0.6) is 0 Å². The number of para-hydroxylation sites is 2. The zero-order valence-electron chi connectivity index (χ0n) is 13.8. The summed E-state index contributed by atoms with van der Waals surface area (Å²) < 4.78 is 0. The number of nitrogens with one attached hydrogen (secondary N) is 3. The monoisotopic (exact) mass is 301 g/mol. The molecule has 1 aromatic heterocycles. The Labute approximate surface area is 132 Å². The normalized spacial score (nSPS) is 12.1. The molecule has 5 heteroatoms. The van der Waals surface area contributed by atoms with E-state index in [1.165, 1.54) is 0 Å². The van der Waals surface area contributed by atoms with Crippen LogP contribution in [0.1, 0.15) is 33.0 Å². The Morgan fingerprint density at radius 3 is 2.82 bits per heavy atom. The molecule has 0 unspecified atom stereocenters. The smallest absolute Gasteiger partial charge is 0.191 e. The van der Waals surface area contributed by atoms with Gasteiger partial charge in [-0.1, -0.05) is 26.0 Å². The van der Waals surface area contributed by atoms with Gasteiger partial charge in [-0.3, -0.25) is 4.99 Å². The van der Waals surface area contributed by atoms with Gasteiger partial charge in [0.2, 0.25) is 0 Å². The van der Waals surface area contributed by atoms with Crippen LogP contribution in [0.4, 0.5) is 0 Å². The molecule has 0 aliphatic rings. The molecule has 0 saturated heterocycles. The number of aliphatic imine (C=N–C) groups is 1. The summed E-state index contributed by atoms with van der Waals surface area (Å²) >= 11 is 0. The Balaban J connectivity index is 1.78. The molecule has 1 heterocycles. The minimum Gasteiger partial charge on any atom is -0.357 e. The van der Waals surface area contributed by atoms with Crippen molar-refractivity contribution in [3.8, 4) is 0 Å². The lowest BCUT2D eigenvalue weighted by Gasteiger charge is -2.11. The predicted molar refractivity (Wildman–Crippen MR) is 93.2 cm³/mol. The van der Waals surface area contributed by atoms with E-state index in [9.17, 15) is 0 Å². The van der Waals surface area contributed by atoms with Gasteiger partial charge in [-0.25, -0.2) is 4.98 Å². The molecular formula is C17H27N5. The van der Waals surface area contributed by atoms with E-state index in [2.05, 4.69) is 52.4 Å². The summed E-state index contributed by atoms with van der Waals surface area (Å²) in [5.74, 6) is 2.53. The van der Waals surface area contributed by atoms with Gasteiger partial charge in [0.05, 0.1) is 11.0 Å². The Bertz CT molecular complexity index is 567. The van der Waals surface area contributed by atoms with E-state index >= 15 is 0 Å². The number of aromatic nitrogens is 2. The molecule has 0 saturated carbocycles. The minimum absolute atomic E-state index is 0.575. The van der Waals surface area contributed by atoms with Crippen LogP contribution in [-0.4, -0.2) is 35.6 Å². The summed E-state index contributed by atoms with van der Waals surface area (Å²) in [7, 11) is 0. The quantitative estimate of drug-likeness (QED) is 0.418. The average Bonchev–Trinajstić information content (AvgIpc) is 2.91. The lowest BCUT2D eigenvalue weighted by molar-refractivity contribution is 0.653. The van der Waals surface area contributed by atoms with E-state index in [0.29, 0.717) is 5.92 Å². The lowest BCUT2D eigenvalue weighted by atomic mass is 10.2. The fraction of sp³-hybridized carbons (Fsp3) is 0.529. The number of hydrogen-bond donors (Lipinski definition) is 3. The number of benzene rings is 1. The van der Waals surface area contributed by atoms with Gasteiger partial charge in [0.15, 0.2) is 5.96 Å². The summed E-state index contributed by atoms with van der Waals surface area (Å²) in [6.45, 7) is 9.05. The standard InChI is InChI=1S/C17H27N5/c1-4-18-17(20-12-13(2)3)19-11-7-10-16-21-14-8-5-6-9-15(14)22-16/h5-6,8-9,13H,4,7,10-12H2,1-3H3,(H,21,22)(H2,18,19,20). The molecule has 0 fully saturated rings. The van der Waals surface area contributed by atoms with Crippen molar-refractivity contribution in [3.63, 3.8) is 0 Å². The van der Waals surface area contributed by atoms with Crippen LogP contribution in [0.3, 0.4) is 0 Å². The largest absolute Gasteiger partial charge is 0.357 e. The highest BCUT2D eigenvalue weighted by molar-refractivity contribution is 5.79. The Morgan fingerprint density at radius 1 is 1.27 bits per heavy atom. The van der Waals surface area contributed by atoms with E-state index in [4.69, 9.17) is 0 Å². The number of guanidine groups is 1. The highest BCUT2D eigenvalue weighted by atomic mass is 15.2. The maximum absolute atomic E-state index is 4.60. The van der Waals surface area contributed by atoms with Gasteiger partial charge in [-0.15, -0.1) is 0 Å². The number of fused-ring (bicyclic) bond motifs is 1. The molecule has 0 bridgehead atoms. The molecule has 0 spiro atoms. The first kappa shape index (κ1) is 16.3. The Kier molecular flexibility index (Phi) is 6.25. The van der Waals surface area contributed by atoms with E-state index in [-0.39, 0.29) is 0 Å². The van der Waals surface area contributed by atoms with Gasteiger partial charge in [-0.05, 0) is 31.4 Å². The maximum Gasteiger partial charge on any atom is 0.191 e. The molecule has 2 rings (SSSR count). The van der Waals surface area contributed by atoms with Crippen LogP contribution in [0, 0.1) is 5.92 Å². The van der Waals surface area contributed by atoms with Crippen molar-refractivity contribution in [1.82, 2.24) is 20.6 Å². The molecule has 2 aromatic rings. The van der Waals surface area contributed by atoms with Crippen LogP contribution in [0.25, 0.3) is 11.0 Å². The fourth-order valence-corrected chi connectivity index (χ4v) is 2.20. The molecule has 3 N–H and O–H groups in total. The number of aryl methyl sites for hydroxylation is 1. The first-order valence-electron chi connectivity index (χ1n) is 8.15. The third-order valence-electron chi connectivity index (χ3n) is 3.28. The third kappa shape index (κ3) is 5.06. The van der Waals surface area contributed by atoms with Crippen LogP contribution in [-0.2, 0) is 6.42 Å². The predicted octanol–water partition coefficient (Wildman–Crippen LogP) is 2.71. The summed E-state index contributed by atoms with van der Waals surface area (Å²) in [5.41, 5.74) is 2.15. The number of rotatable bonds is 7. The van der Waals surface area contributed by atoms with Gasteiger partial charge in [0.25, 0.3) is 0 Å². The highest BCUT2D eigenvalue weighted by Gasteiger charge is 2.02. The molecule has 120 valence electrons. The van der Waals surface area contributed by atoms with E-state index < -0.39 is 0 Å². The molecule has 0 atom stereocenters. The van der Waals surface area contributed by atoms with Crippen molar-refractivity contribution in [1.29, 1.82) is 0 Å². The fourth-order valence-electron chi connectivity index (χ4n) is 2.20. The molecule has 5 nitrogen and oxygen atoms in total. The highest BCUT2D eigenvalue weighted by Crippen LogP contribution is 2.10. The van der Waals surface area contributed by atoms with E-state index in [1.54, 1.807) is 0 Å². The number of aromatic amines is 1. The van der Waals surface area contributed by atoms with Gasteiger partial charge >= 0.3 is 0 Å². The third-order valence-corrected chi connectivity index (χ3v) is 3.28. The van der Waals surface area contributed by atoms with Crippen molar-refractivity contribution in [2.45, 2.75) is 33.6 Å². The van der Waals surface area contributed by atoms with Crippen molar-refractivity contribution < 1.29 is 0 Å².